The molecule has 1 fully saturated rings. The molecule has 1 heterocycles. The molecule has 0 saturated carbocycles. The van der Waals surface area contributed by atoms with Crippen molar-refractivity contribution in [2.45, 2.75) is 32.7 Å². The minimum Gasteiger partial charge on any atom is -0.493 e. The zero-order chi connectivity index (χ0) is 28.2. The number of halogens is 2. The van der Waals surface area contributed by atoms with Gasteiger partial charge >= 0.3 is 0 Å². The van der Waals surface area contributed by atoms with Crippen LogP contribution in [0, 0.1) is 0 Å². The fourth-order valence-corrected chi connectivity index (χ4v) is 5.02. The van der Waals surface area contributed by atoms with Crippen molar-refractivity contribution in [3.8, 4) is 17.2 Å². The highest BCUT2D eigenvalue weighted by atomic mass is 35.5. The first-order valence-electron chi connectivity index (χ1n) is 12.3. The Morgan fingerprint density at radius 2 is 1.59 bits per heavy atom. The lowest BCUT2D eigenvalue weighted by Gasteiger charge is -2.19. The molecule has 6 nitrogen and oxygen atoms in total. The van der Waals surface area contributed by atoms with E-state index >= 15 is 0 Å². The zero-order valence-electron chi connectivity index (χ0n) is 22.1. The normalized spacial score (nSPS) is 14.7. The second kappa shape index (κ2) is 12.4. The molecule has 0 N–H and O–H groups in total. The summed E-state index contributed by atoms with van der Waals surface area (Å²) in [5.41, 5.74) is 2.74. The molecule has 1 saturated heterocycles. The summed E-state index contributed by atoms with van der Waals surface area (Å²) in [6.07, 6.45) is 1.66. The first-order valence-corrected chi connectivity index (χ1v) is 13.9. The fraction of sp³-hybridized carbons (Fsp3) is 0.267. The van der Waals surface area contributed by atoms with Crippen molar-refractivity contribution in [1.82, 2.24) is 4.90 Å². The average Bonchev–Trinajstić information content (AvgIpc) is 3.16. The fourth-order valence-electron chi connectivity index (χ4n) is 3.86. The summed E-state index contributed by atoms with van der Waals surface area (Å²) in [5, 5.41) is 0.430. The molecule has 1 aliphatic rings. The van der Waals surface area contributed by atoms with Crippen LogP contribution in [-0.4, -0.2) is 36.4 Å². The number of thioether (sulfide) groups is 1. The topological polar surface area (TPSA) is 65.1 Å². The van der Waals surface area contributed by atoms with E-state index in [1.165, 1.54) is 10.5 Å². The van der Waals surface area contributed by atoms with E-state index in [0.29, 0.717) is 50.8 Å². The first-order chi connectivity index (χ1) is 18.5. The van der Waals surface area contributed by atoms with Crippen LogP contribution in [0.25, 0.3) is 6.08 Å². The van der Waals surface area contributed by atoms with Gasteiger partial charge < -0.3 is 14.2 Å². The molecule has 0 spiro atoms. The maximum absolute atomic E-state index is 12.9. The van der Waals surface area contributed by atoms with Crippen molar-refractivity contribution in [2.75, 3.05) is 20.3 Å². The summed E-state index contributed by atoms with van der Waals surface area (Å²) >= 11 is 12.9. The highest BCUT2D eigenvalue weighted by molar-refractivity contribution is 8.18. The van der Waals surface area contributed by atoms with Crippen molar-refractivity contribution >= 4 is 52.2 Å². The van der Waals surface area contributed by atoms with Gasteiger partial charge in [0.1, 0.15) is 19.0 Å². The summed E-state index contributed by atoms with van der Waals surface area (Å²) in [6.45, 7) is 7.31. The first kappa shape index (κ1) is 28.9. The molecule has 3 aromatic rings. The molecule has 204 valence electrons. The molecule has 0 atom stereocenters. The Morgan fingerprint density at radius 3 is 2.26 bits per heavy atom. The van der Waals surface area contributed by atoms with E-state index in [1.807, 2.05) is 12.1 Å². The lowest BCUT2D eigenvalue weighted by Crippen LogP contribution is -2.27. The quantitative estimate of drug-likeness (QED) is 0.187. The SMILES string of the molecule is COc1cc(/C=C2\SC(=O)N(Cc3ccc(Cl)c(Cl)c3)C2=O)ccc1OCCOc1ccc(C(C)(C)C)cc1. The molecule has 9 heteroatoms. The van der Waals surface area contributed by atoms with Gasteiger partial charge in [-0.1, -0.05) is 68.2 Å². The molecule has 2 amide bonds. The summed E-state index contributed by atoms with van der Waals surface area (Å²) < 4.78 is 17.2. The number of ether oxygens (including phenoxy) is 3. The van der Waals surface area contributed by atoms with E-state index in [2.05, 4.69) is 32.9 Å². The molecule has 0 bridgehead atoms. The Bertz CT molecular complexity index is 1400. The van der Waals surface area contributed by atoms with Crippen LogP contribution in [0.5, 0.6) is 17.2 Å². The number of hydrogen-bond acceptors (Lipinski definition) is 6. The van der Waals surface area contributed by atoms with Crippen molar-refractivity contribution in [3.63, 3.8) is 0 Å². The molecular weight excluding hydrogens is 557 g/mol. The predicted octanol–water partition coefficient (Wildman–Crippen LogP) is 7.99. The predicted molar refractivity (Wildman–Crippen MR) is 157 cm³/mol. The van der Waals surface area contributed by atoms with Gasteiger partial charge in [0, 0.05) is 0 Å². The largest absolute Gasteiger partial charge is 0.493 e. The van der Waals surface area contributed by atoms with Gasteiger partial charge in [0.05, 0.1) is 28.6 Å². The highest BCUT2D eigenvalue weighted by Crippen LogP contribution is 2.36. The standard InChI is InChI=1S/C30H29Cl2NO5S/c1-30(2,3)21-7-9-22(10-8-21)37-13-14-38-25-12-6-19(16-26(25)36-4)17-27-28(34)33(29(35)39-27)18-20-5-11-23(31)24(32)15-20/h5-12,15-17H,13-14,18H2,1-4H3/b27-17-. The number of methoxy groups -OCH3 is 1. The van der Waals surface area contributed by atoms with Crippen LogP contribution >= 0.6 is 35.0 Å². The summed E-state index contributed by atoms with van der Waals surface area (Å²) in [4.78, 5) is 27.0. The molecule has 4 rings (SSSR count). The van der Waals surface area contributed by atoms with Crippen LogP contribution < -0.4 is 14.2 Å². The van der Waals surface area contributed by atoms with Gasteiger partial charge in [0.25, 0.3) is 11.1 Å². The van der Waals surface area contributed by atoms with Crippen molar-refractivity contribution in [2.24, 2.45) is 0 Å². The maximum atomic E-state index is 12.9. The van der Waals surface area contributed by atoms with Crippen LogP contribution in [-0.2, 0) is 16.8 Å². The number of carbonyl (C=O) groups excluding carboxylic acids is 2. The Kier molecular flexibility index (Phi) is 9.15. The second-order valence-electron chi connectivity index (χ2n) is 9.90. The molecular formula is C30H29Cl2NO5S. The molecule has 3 aromatic carbocycles. The van der Waals surface area contributed by atoms with Crippen LogP contribution in [0.2, 0.25) is 10.0 Å². The van der Waals surface area contributed by atoms with Gasteiger partial charge in [-0.2, -0.15) is 0 Å². The monoisotopic (exact) mass is 585 g/mol. The van der Waals surface area contributed by atoms with E-state index in [0.717, 1.165) is 17.5 Å². The van der Waals surface area contributed by atoms with Crippen LogP contribution in [0.3, 0.4) is 0 Å². The molecule has 0 radical (unpaired) electrons. The van der Waals surface area contributed by atoms with Gasteiger partial charge in [-0.25, -0.2) is 0 Å². The molecule has 0 aliphatic carbocycles. The number of rotatable bonds is 9. The number of carbonyl (C=O) groups is 2. The van der Waals surface area contributed by atoms with E-state index in [9.17, 15) is 9.59 Å². The van der Waals surface area contributed by atoms with Crippen molar-refractivity contribution in [1.29, 1.82) is 0 Å². The molecule has 0 unspecified atom stereocenters. The van der Waals surface area contributed by atoms with Gasteiger partial charge in [-0.15, -0.1) is 0 Å². The minimum absolute atomic E-state index is 0.0884. The third-order valence-electron chi connectivity index (χ3n) is 6.01. The lowest BCUT2D eigenvalue weighted by atomic mass is 9.87. The number of hydrogen-bond donors (Lipinski definition) is 0. The van der Waals surface area contributed by atoms with Crippen LogP contribution in [0.1, 0.15) is 37.5 Å². The number of imide groups is 1. The highest BCUT2D eigenvalue weighted by Gasteiger charge is 2.35. The Hall–Kier alpha value is -3.13. The zero-order valence-corrected chi connectivity index (χ0v) is 24.5. The average molecular weight is 587 g/mol. The Balaban J connectivity index is 1.36. The van der Waals surface area contributed by atoms with Crippen molar-refractivity contribution in [3.05, 3.63) is 92.3 Å². The molecule has 39 heavy (non-hydrogen) atoms. The van der Waals surface area contributed by atoms with E-state index in [1.54, 1.807) is 49.6 Å². The van der Waals surface area contributed by atoms with E-state index in [-0.39, 0.29) is 23.1 Å². The number of nitrogens with zero attached hydrogens (tertiary/aromatic N) is 1. The third kappa shape index (κ3) is 7.29. The molecule has 0 aromatic heterocycles. The number of amides is 2. The minimum atomic E-state index is -0.372. The summed E-state index contributed by atoms with van der Waals surface area (Å²) in [6, 6.07) is 18.4. The lowest BCUT2D eigenvalue weighted by molar-refractivity contribution is -0.123. The van der Waals surface area contributed by atoms with Crippen molar-refractivity contribution < 1.29 is 23.8 Å². The summed E-state index contributed by atoms with van der Waals surface area (Å²) in [5.74, 6) is 1.47. The van der Waals surface area contributed by atoms with E-state index < -0.39 is 0 Å². The van der Waals surface area contributed by atoms with Crippen LogP contribution in [0.4, 0.5) is 4.79 Å². The molecule has 1 aliphatic heterocycles. The third-order valence-corrected chi connectivity index (χ3v) is 7.66. The number of benzene rings is 3. The van der Waals surface area contributed by atoms with Gasteiger partial charge in [0.2, 0.25) is 0 Å². The van der Waals surface area contributed by atoms with Gasteiger partial charge in [0.15, 0.2) is 11.5 Å². The van der Waals surface area contributed by atoms with Crippen LogP contribution in [0.15, 0.2) is 65.6 Å². The maximum Gasteiger partial charge on any atom is 0.293 e. The Labute approximate surface area is 242 Å². The Morgan fingerprint density at radius 1 is 0.872 bits per heavy atom. The smallest absolute Gasteiger partial charge is 0.293 e. The summed E-state index contributed by atoms with van der Waals surface area (Å²) in [7, 11) is 1.55. The van der Waals surface area contributed by atoms with Gasteiger partial charge in [-0.05, 0) is 76.3 Å². The van der Waals surface area contributed by atoms with E-state index in [4.69, 9.17) is 37.4 Å². The second-order valence-corrected chi connectivity index (χ2v) is 11.7. The van der Waals surface area contributed by atoms with Gasteiger partial charge in [-0.3, -0.25) is 14.5 Å².